The van der Waals surface area contributed by atoms with E-state index in [-0.39, 0.29) is 11.8 Å². The summed E-state index contributed by atoms with van der Waals surface area (Å²) in [6.45, 7) is 3.08. The number of carbonyl (C=O) groups excluding carboxylic acids is 1. The maximum absolute atomic E-state index is 13.6. The summed E-state index contributed by atoms with van der Waals surface area (Å²) in [5, 5.41) is 11.9. The van der Waals surface area contributed by atoms with Crippen LogP contribution in [0.4, 0.5) is 0 Å². The number of rotatable bonds is 6. The largest absolute Gasteiger partial charge is 0.497 e. The number of aromatic nitrogens is 5. The van der Waals surface area contributed by atoms with E-state index in [4.69, 9.17) is 9.15 Å². The summed E-state index contributed by atoms with van der Waals surface area (Å²) in [5.41, 5.74) is 2.67. The molecule has 4 aromatic rings. The van der Waals surface area contributed by atoms with E-state index in [2.05, 4.69) is 20.5 Å². The number of carbonyl (C=O) groups is 1. The summed E-state index contributed by atoms with van der Waals surface area (Å²) >= 11 is 0. The van der Waals surface area contributed by atoms with Crippen molar-refractivity contribution in [2.24, 2.45) is 0 Å². The number of amides is 1. The minimum absolute atomic E-state index is 0.0178. The van der Waals surface area contributed by atoms with E-state index in [1.165, 1.54) is 0 Å². The fourth-order valence-corrected chi connectivity index (χ4v) is 4.45. The van der Waals surface area contributed by atoms with Gasteiger partial charge in [-0.1, -0.05) is 24.3 Å². The number of ether oxygens (including phenoxy) is 1. The molecular weight excluding hydrogens is 420 g/mol. The number of likely N-dealkylation sites (tertiary alicyclic amines) is 1. The molecule has 1 fully saturated rings. The predicted octanol–water partition coefficient (Wildman–Crippen LogP) is 3.32. The van der Waals surface area contributed by atoms with Gasteiger partial charge in [0.15, 0.2) is 11.5 Å². The number of methoxy groups -OCH3 is 1. The van der Waals surface area contributed by atoms with Crippen LogP contribution in [0.3, 0.4) is 0 Å². The monoisotopic (exact) mass is 446 g/mol. The second kappa shape index (κ2) is 9.01. The standard InChI is InChI=1S/C24H26N6O3/c1-16-26-27-28-30(16)21(15-17-6-5-7-19(14-17)32-2)24(31)29-12-10-18(11-13-29)23-25-20-8-3-4-9-22(20)33-23/h3-9,14,18,21H,10-13,15H2,1-2H3. The molecule has 1 aliphatic rings. The lowest BCUT2D eigenvalue weighted by Gasteiger charge is -2.33. The van der Waals surface area contributed by atoms with Gasteiger partial charge in [0.25, 0.3) is 0 Å². The first-order valence-electron chi connectivity index (χ1n) is 11.1. The zero-order chi connectivity index (χ0) is 22.8. The lowest BCUT2D eigenvalue weighted by molar-refractivity contribution is -0.136. The first-order chi connectivity index (χ1) is 16.1. The minimum Gasteiger partial charge on any atom is -0.497 e. The number of tetrazole rings is 1. The quantitative estimate of drug-likeness (QED) is 0.448. The van der Waals surface area contributed by atoms with Crippen LogP contribution in [-0.4, -0.2) is 56.2 Å². The number of piperidine rings is 1. The first kappa shape index (κ1) is 21.1. The van der Waals surface area contributed by atoms with E-state index in [1.54, 1.807) is 11.8 Å². The Balaban J connectivity index is 1.32. The highest BCUT2D eigenvalue weighted by molar-refractivity contribution is 5.81. The van der Waals surface area contributed by atoms with Crippen molar-refractivity contribution in [1.82, 2.24) is 30.1 Å². The van der Waals surface area contributed by atoms with Gasteiger partial charge in [0.2, 0.25) is 5.91 Å². The number of benzene rings is 2. The van der Waals surface area contributed by atoms with Crippen molar-refractivity contribution in [3.63, 3.8) is 0 Å². The molecule has 1 atom stereocenters. The van der Waals surface area contributed by atoms with Crippen LogP contribution in [0.15, 0.2) is 52.9 Å². The third-order valence-electron chi connectivity index (χ3n) is 6.27. The number of para-hydroxylation sites is 2. The highest BCUT2D eigenvalue weighted by Crippen LogP contribution is 2.31. The van der Waals surface area contributed by atoms with Gasteiger partial charge in [-0.25, -0.2) is 9.67 Å². The highest BCUT2D eigenvalue weighted by atomic mass is 16.5. The average Bonchev–Trinajstić information content (AvgIpc) is 3.48. The molecular formula is C24H26N6O3. The molecule has 2 aromatic heterocycles. The smallest absolute Gasteiger partial charge is 0.247 e. The Morgan fingerprint density at radius 3 is 2.73 bits per heavy atom. The van der Waals surface area contributed by atoms with Crippen molar-refractivity contribution >= 4 is 17.0 Å². The summed E-state index contributed by atoms with van der Waals surface area (Å²) in [6.07, 6.45) is 2.09. The van der Waals surface area contributed by atoms with E-state index in [9.17, 15) is 4.79 Å². The highest BCUT2D eigenvalue weighted by Gasteiger charge is 2.33. The SMILES string of the molecule is COc1cccc(CC(C(=O)N2CCC(c3nc4ccccc4o3)CC2)n2nnnc2C)c1. The maximum atomic E-state index is 13.6. The maximum Gasteiger partial charge on any atom is 0.247 e. The molecule has 0 aliphatic carbocycles. The Labute approximate surface area is 191 Å². The Morgan fingerprint density at radius 1 is 1.18 bits per heavy atom. The summed E-state index contributed by atoms with van der Waals surface area (Å²) in [7, 11) is 1.63. The molecule has 9 heteroatoms. The molecule has 0 saturated carbocycles. The number of hydrogen-bond acceptors (Lipinski definition) is 7. The van der Waals surface area contributed by atoms with Crippen molar-refractivity contribution in [1.29, 1.82) is 0 Å². The molecule has 5 rings (SSSR count). The second-order valence-electron chi connectivity index (χ2n) is 8.36. The molecule has 0 radical (unpaired) electrons. The third-order valence-corrected chi connectivity index (χ3v) is 6.27. The fraction of sp³-hybridized carbons (Fsp3) is 0.375. The molecule has 2 aromatic carbocycles. The van der Waals surface area contributed by atoms with Crippen LogP contribution >= 0.6 is 0 Å². The van der Waals surface area contributed by atoms with Gasteiger partial charge in [-0.05, 0) is 60.0 Å². The zero-order valence-electron chi connectivity index (χ0n) is 18.7. The summed E-state index contributed by atoms with van der Waals surface area (Å²) in [4.78, 5) is 20.2. The van der Waals surface area contributed by atoms with Gasteiger partial charge in [0.1, 0.15) is 23.1 Å². The van der Waals surface area contributed by atoms with Gasteiger partial charge in [-0.3, -0.25) is 4.79 Å². The molecule has 0 N–H and O–H groups in total. The van der Waals surface area contributed by atoms with E-state index in [0.29, 0.717) is 25.3 Å². The number of nitrogens with zero attached hydrogens (tertiary/aromatic N) is 6. The Bertz CT molecular complexity index is 1220. The molecule has 1 amide bonds. The van der Waals surface area contributed by atoms with Crippen LogP contribution in [0.5, 0.6) is 5.75 Å². The lowest BCUT2D eigenvalue weighted by atomic mass is 9.95. The number of fused-ring (bicyclic) bond motifs is 1. The molecule has 3 heterocycles. The van der Waals surface area contributed by atoms with E-state index < -0.39 is 6.04 Å². The molecule has 1 aliphatic heterocycles. The summed E-state index contributed by atoms with van der Waals surface area (Å²) < 4.78 is 12.9. The average molecular weight is 447 g/mol. The zero-order valence-corrected chi connectivity index (χ0v) is 18.7. The normalized spacial score (nSPS) is 15.6. The number of hydrogen-bond donors (Lipinski definition) is 0. The minimum atomic E-state index is -0.520. The van der Waals surface area contributed by atoms with Gasteiger partial charge in [0, 0.05) is 25.4 Å². The second-order valence-corrected chi connectivity index (χ2v) is 8.36. The van der Waals surface area contributed by atoms with Crippen molar-refractivity contribution in [2.75, 3.05) is 20.2 Å². The van der Waals surface area contributed by atoms with Crippen molar-refractivity contribution in [3.05, 3.63) is 65.8 Å². The predicted molar refractivity (Wildman–Crippen MR) is 121 cm³/mol. The van der Waals surface area contributed by atoms with Gasteiger partial charge in [-0.15, -0.1) is 5.10 Å². The number of oxazole rings is 1. The molecule has 9 nitrogen and oxygen atoms in total. The van der Waals surface area contributed by atoms with Gasteiger partial charge in [-0.2, -0.15) is 0 Å². The first-order valence-corrected chi connectivity index (χ1v) is 11.1. The van der Waals surface area contributed by atoms with Gasteiger partial charge in [0.05, 0.1) is 7.11 Å². The van der Waals surface area contributed by atoms with E-state index in [1.807, 2.05) is 60.4 Å². The van der Waals surface area contributed by atoms with Crippen molar-refractivity contribution in [3.8, 4) is 5.75 Å². The van der Waals surface area contributed by atoms with Crippen LogP contribution in [0.1, 0.15) is 42.1 Å². The van der Waals surface area contributed by atoms with Crippen molar-refractivity contribution in [2.45, 2.75) is 38.1 Å². The van der Waals surface area contributed by atoms with Gasteiger partial charge < -0.3 is 14.1 Å². The van der Waals surface area contributed by atoms with Crippen molar-refractivity contribution < 1.29 is 13.9 Å². The van der Waals surface area contributed by atoms with Crippen LogP contribution in [0.25, 0.3) is 11.1 Å². The van der Waals surface area contributed by atoms with Crippen LogP contribution in [0, 0.1) is 6.92 Å². The molecule has 170 valence electrons. The summed E-state index contributed by atoms with van der Waals surface area (Å²) in [6, 6.07) is 15.0. The van der Waals surface area contributed by atoms with Gasteiger partial charge >= 0.3 is 0 Å². The third kappa shape index (κ3) is 4.30. The Kier molecular flexibility index (Phi) is 5.77. The lowest BCUT2D eigenvalue weighted by Crippen LogP contribution is -2.43. The molecule has 0 bridgehead atoms. The molecule has 33 heavy (non-hydrogen) atoms. The fourth-order valence-electron chi connectivity index (χ4n) is 4.45. The van der Waals surface area contributed by atoms with Crippen LogP contribution in [0.2, 0.25) is 0 Å². The molecule has 1 saturated heterocycles. The van der Waals surface area contributed by atoms with Crippen LogP contribution < -0.4 is 4.74 Å². The number of aryl methyl sites for hydroxylation is 1. The van der Waals surface area contributed by atoms with E-state index in [0.717, 1.165) is 41.1 Å². The van der Waals surface area contributed by atoms with E-state index >= 15 is 0 Å². The van der Waals surface area contributed by atoms with Crippen LogP contribution in [-0.2, 0) is 11.2 Å². The Morgan fingerprint density at radius 2 is 2.00 bits per heavy atom. The molecule has 0 spiro atoms. The topological polar surface area (TPSA) is 99.2 Å². The Hall–Kier alpha value is -3.75. The molecule has 1 unspecified atom stereocenters. The summed E-state index contributed by atoms with van der Waals surface area (Å²) in [5.74, 6) is 2.34.